The van der Waals surface area contributed by atoms with E-state index in [0.717, 1.165) is 0 Å². The summed E-state index contributed by atoms with van der Waals surface area (Å²) in [5.74, 6) is 1.24. The second-order valence-corrected chi connectivity index (χ2v) is 4.20. The molecule has 3 nitrogen and oxygen atoms in total. The molecule has 1 heterocycles. The van der Waals surface area contributed by atoms with Gasteiger partial charge in [0.25, 0.3) is 0 Å². The first-order valence-electron chi connectivity index (χ1n) is 3.17. The Bertz CT molecular complexity index is 261. The van der Waals surface area contributed by atoms with Gasteiger partial charge in [-0.2, -0.15) is 5.10 Å². The highest BCUT2D eigenvalue weighted by atomic mass is 35.5. The fourth-order valence-electron chi connectivity index (χ4n) is 0.895. The summed E-state index contributed by atoms with van der Waals surface area (Å²) >= 11 is 11.6. The van der Waals surface area contributed by atoms with E-state index in [-0.39, 0.29) is 0 Å². The molecule has 0 saturated heterocycles. The fourth-order valence-corrected chi connectivity index (χ4v) is 1.22. The highest BCUT2D eigenvalue weighted by molar-refractivity contribution is 6.47. The van der Waals surface area contributed by atoms with Crippen LogP contribution in [-0.4, -0.2) is 14.8 Å². The maximum atomic E-state index is 5.82. The van der Waals surface area contributed by atoms with E-state index in [0.29, 0.717) is 11.6 Å². The van der Waals surface area contributed by atoms with Crippen molar-refractivity contribution >= 4 is 23.2 Å². The quantitative estimate of drug-likeness (QED) is 0.638. The zero-order chi connectivity index (χ0) is 8.65. The van der Waals surface area contributed by atoms with Crippen molar-refractivity contribution in [2.45, 2.75) is 18.2 Å². The van der Waals surface area contributed by atoms with Crippen LogP contribution in [0.4, 0.5) is 0 Å². The number of alkyl halides is 2. The summed E-state index contributed by atoms with van der Waals surface area (Å²) in [7, 11) is 1.76. The lowest BCUT2D eigenvalue weighted by molar-refractivity contribution is 0.677. The predicted octanol–water partition coefficient (Wildman–Crippen LogP) is 1.77. The van der Waals surface area contributed by atoms with Gasteiger partial charge in [-0.25, -0.2) is 4.98 Å². The van der Waals surface area contributed by atoms with Crippen LogP contribution in [0, 0.1) is 6.92 Å². The van der Waals surface area contributed by atoms with Gasteiger partial charge in [0.05, 0.1) is 0 Å². The molecule has 0 atom stereocenters. The minimum Gasteiger partial charge on any atom is -0.250 e. The lowest BCUT2D eigenvalue weighted by Crippen LogP contribution is -2.12. The van der Waals surface area contributed by atoms with E-state index in [1.54, 1.807) is 25.6 Å². The standard InChI is InChI=1S/C6H9Cl2N3/c1-4-9-5(6(2,7)8)11(3)10-4/h1-3H3. The van der Waals surface area contributed by atoms with E-state index in [2.05, 4.69) is 10.1 Å². The molecule has 0 bridgehead atoms. The van der Waals surface area contributed by atoms with Gasteiger partial charge in [0, 0.05) is 7.05 Å². The number of halogens is 2. The number of aromatic nitrogens is 3. The van der Waals surface area contributed by atoms with E-state index < -0.39 is 4.33 Å². The normalized spacial score (nSPS) is 12.1. The van der Waals surface area contributed by atoms with Crippen LogP contribution >= 0.6 is 23.2 Å². The minimum absolute atomic E-state index is 0.568. The van der Waals surface area contributed by atoms with Crippen molar-refractivity contribution in [3.63, 3.8) is 0 Å². The van der Waals surface area contributed by atoms with Crippen molar-refractivity contribution in [3.05, 3.63) is 11.6 Å². The molecule has 0 aromatic carbocycles. The number of hydrogen-bond donors (Lipinski definition) is 0. The smallest absolute Gasteiger partial charge is 0.174 e. The van der Waals surface area contributed by atoms with Gasteiger partial charge in [-0.1, -0.05) is 23.2 Å². The Balaban J connectivity index is 3.13. The highest BCUT2D eigenvalue weighted by Crippen LogP contribution is 2.30. The number of nitrogens with zero attached hydrogens (tertiary/aromatic N) is 3. The van der Waals surface area contributed by atoms with Gasteiger partial charge >= 0.3 is 0 Å². The van der Waals surface area contributed by atoms with Gasteiger partial charge in [0.15, 0.2) is 10.2 Å². The largest absolute Gasteiger partial charge is 0.250 e. The maximum Gasteiger partial charge on any atom is 0.174 e. The minimum atomic E-state index is -0.962. The summed E-state index contributed by atoms with van der Waals surface area (Å²) in [4.78, 5) is 4.07. The van der Waals surface area contributed by atoms with Crippen LogP contribution in [0.5, 0.6) is 0 Å². The molecule has 11 heavy (non-hydrogen) atoms. The third kappa shape index (κ3) is 1.84. The van der Waals surface area contributed by atoms with Crippen molar-refractivity contribution in [3.8, 4) is 0 Å². The molecule has 0 aliphatic carbocycles. The van der Waals surface area contributed by atoms with Crippen molar-refractivity contribution in [2.75, 3.05) is 0 Å². The van der Waals surface area contributed by atoms with Crippen LogP contribution in [0.3, 0.4) is 0 Å². The average molecular weight is 194 g/mol. The second kappa shape index (κ2) is 2.64. The third-order valence-electron chi connectivity index (χ3n) is 1.26. The van der Waals surface area contributed by atoms with Gasteiger partial charge in [0.1, 0.15) is 5.82 Å². The molecule has 0 amide bonds. The Labute approximate surface area is 75.3 Å². The van der Waals surface area contributed by atoms with Crippen LogP contribution < -0.4 is 0 Å². The summed E-state index contributed by atoms with van der Waals surface area (Å²) in [5.41, 5.74) is 0. The summed E-state index contributed by atoms with van der Waals surface area (Å²) in [6, 6.07) is 0. The van der Waals surface area contributed by atoms with E-state index in [1.807, 2.05) is 0 Å². The average Bonchev–Trinajstić information content (AvgIpc) is 2.08. The molecule has 0 N–H and O–H groups in total. The van der Waals surface area contributed by atoms with Crippen molar-refractivity contribution in [1.29, 1.82) is 0 Å². The molecular formula is C6H9Cl2N3. The number of aryl methyl sites for hydroxylation is 2. The van der Waals surface area contributed by atoms with Crippen LogP contribution in [0.2, 0.25) is 0 Å². The molecule has 0 unspecified atom stereocenters. The van der Waals surface area contributed by atoms with E-state index in [4.69, 9.17) is 23.2 Å². The first-order valence-corrected chi connectivity index (χ1v) is 3.93. The molecule has 1 aromatic heterocycles. The summed E-state index contributed by atoms with van der Waals surface area (Å²) in [6.07, 6.45) is 0. The Morgan fingerprint density at radius 3 is 2.18 bits per heavy atom. The monoisotopic (exact) mass is 193 g/mol. The Kier molecular flexibility index (Phi) is 2.12. The van der Waals surface area contributed by atoms with E-state index >= 15 is 0 Å². The zero-order valence-corrected chi connectivity index (χ0v) is 8.11. The molecule has 5 heteroatoms. The zero-order valence-electron chi connectivity index (χ0n) is 6.60. The first kappa shape index (κ1) is 8.81. The molecule has 1 rings (SSSR count). The highest BCUT2D eigenvalue weighted by Gasteiger charge is 2.25. The fraction of sp³-hybridized carbons (Fsp3) is 0.667. The third-order valence-corrected chi connectivity index (χ3v) is 1.60. The lowest BCUT2D eigenvalue weighted by atomic mass is 10.4. The molecule has 62 valence electrons. The molecular weight excluding hydrogens is 185 g/mol. The van der Waals surface area contributed by atoms with Gasteiger partial charge < -0.3 is 0 Å². The number of hydrogen-bond acceptors (Lipinski definition) is 2. The summed E-state index contributed by atoms with van der Waals surface area (Å²) in [6.45, 7) is 3.46. The molecule has 0 saturated carbocycles. The molecule has 1 aromatic rings. The van der Waals surface area contributed by atoms with Gasteiger partial charge in [-0.15, -0.1) is 0 Å². The molecule has 0 spiro atoms. The molecule has 0 fully saturated rings. The summed E-state index contributed by atoms with van der Waals surface area (Å²) in [5, 5.41) is 4.01. The summed E-state index contributed by atoms with van der Waals surface area (Å²) < 4.78 is 0.616. The predicted molar refractivity (Wildman–Crippen MR) is 44.8 cm³/mol. The van der Waals surface area contributed by atoms with Crippen LogP contribution in [0.1, 0.15) is 18.6 Å². The van der Waals surface area contributed by atoms with E-state index in [1.165, 1.54) is 0 Å². The van der Waals surface area contributed by atoms with Crippen molar-refractivity contribution in [2.24, 2.45) is 7.05 Å². The van der Waals surface area contributed by atoms with Crippen LogP contribution in [0.15, 0.2) is 0 Å². The lowest BCUT2D eigenvalue weighted by Gasteiger charge is -2.10. The van der Waals surface area contributed by atoms with E-state index in [9.17, 15) is 0 Å². The number of rotatable bonds is 1. The van der Waals surface area contributed by atoms with Gasteiger partial charge in [0.2, 0.25) is 0 Å². The van der Waals surface area contributed by atoms with Gasteiger partial charge in [-0.3, -0.25) is 4.68 Å². The topological polar surface area (TPSA) is 30.7 Å². The van der Waals surface area contributed by atoms with Crippen molar-refractivity contribution < 1.29 is 0 Å². The SMILES string of the molecule is Cc1nc(C(C)(Cl)Cl)n(C)n1. The Morgan fingerprint density at radius 1 is 1.45 bits per heavy atom. The Morgan fingerprint density at radius 2 is 2.00 bits per heavy atom. The molecule has 0 aliphatic heterocycles. The van der Waals surface area contributed by atoms with Crippen molar-refractivity contribution in [1.82, 2.24) is 14.8 Å². The maximum absolute atomic E-state index is 5.82. The molecule has 0 aliphatic rings. The van der Waals surface area contributed by atoms with Gasteiger partial charge in [-0.05, 0) is 13.8 Å². The molecule has 0 radical (unpaired) electrons. The second-order valence-electron chi connectivity index (χ2n) is 2.49. The van der Waals surface area contributed by atoms with Crippen LogP contribution in [-0.2, 0) is 11.4 Å². The van der Waals surface area contributed by atoms with Crippen LogP contribution in [0.25, 0.3) is 0 Å². The Hall–Kier alpha value is -0.280. The first-order chi connectivity index (χ1) is 4.91.